The van der Waals surface area contributed by atoms with E-state index < -0.39 is 28.5 Å². The first-order valence-electron chi connectivity index (χ1n) is 12.2. The summed E-state index contributed by atoms with van der Waals surface area (Å²) in [7, 11) is -4.06. The molecule has 0 aromatic heterocycles. The van der Waals surface area contributed by atoms with Crippen molar-refractivity contribution >= 4 is 43.5 Å². The standard InChI is InChI=1S/C28H32BrN3O4S/c1-4-22-13-17-25(18-14-22)32(37(35,36)26-9-7-6-8-10-26)20-27(33)31(21(3)28(34)30-5-2)19-23-11-15-24(29)16-12-23/h6-18,21H,4-5,19-20H2,1-3H3,(H,30,34)/t21-/m0/s1. The molecule has 0 spiro atoms. The van der Waals surface area contributed by atoms with Gasteiger partial charge in [0.15, 0.2) is 0 Å². The highest BCUT2D eigenvalue weighted by molar-refractivity contribution is 9.10. The molecule has 3 aromatic carbocycles. The molecule has 0 heterocycles. The summed E-state index contributed by atoms with van der Waals surface area (Å²) in [6.45, 7) is 5.58. The Kier molecular flexibility index (Phi) is 9.88. The Labute approximate surface area is 227 Å². The van der Waals surface area contributed by atoms with E-state index in [0.717, 1.165) is 26.3 Å². The summed E-state index contributed by atoms with van der Waals surface area (Å²) in [5.41, 5.74) is 2.25. The van der Waals surface area contributed by atoms with Crippen molar-refractivity contribution in [3.8, 4) is 0 Å². The van der Waals surface area contributed by atoms with Gasteiger partial charge in [-0.1, -0.05) is 65.3 Å². The van der Waals surface area contributed by atoms with Crippen LogP contribution in [0.5, 0.6) is 0 Å². The van der Waals surface area contributed by atoms with Crippen LogP contribution in [-0.2, 0) is 32.6 Å². The molecule has 0 aliphatic carbocycles. The number of nitrogens with one attached hydrogen (secondary N) is 1. The van der Waals surface area contributed by atoms with Crippen molar-refractivity contribution in [1.29, 1.82) is 0 Å². The summed E-state index contributed by atoms with van der Waals surface area (Å²) >= 11 is 3.41. The van der Waals surface area contributed by atoms with Crippen LogP contribution in [0.25, 0.3) is 0 Å². The molecule has 7 nitrogen and oxygen atoms in total. The van der Waals surface area contributed by atoms with Crippen molar-refractivity contribution in [3.05, 3.63) is 94.5 Å². The van der Waals surface area contributed by atoms with Gasteiger partial charge >= 0.3 is 0 Å². The van der Waals surface area contributed by atoms with E-state index in [1.165, 1.54) is 17.0 Å². The number of nitrogens with zero attached hydrogens (tertiary/aromatic N) is 2. The molecular formula is C28H32BrN3O4S. The SMILES string of the molecule is CCNC(=O)[C@H](C)N(Cc1ccc(Br)cc1)C(=O)CN(c1ccc(CC)cc1)S(=O)(=O)c1ccccc1. The van der Waals surface area contributed by atoms with Crippen LogP contribution in [0.15, 0.2) is 88.2 Å². The molecule has 0 bridgehead atoms. The zero-order valence-electron chi connectivity index (χ0n) is 21.2. The van der Waals surface area contributed by atoms with Crippen LogP contribution in [0.4, 0.5) is 5.69 Å². The molecule has 2 amide bonds. The van der Waals surface area contributed by atoms with Crippen LogP contribution >= 0.6 is 15.9 Å². The summed E-state index contributed by atoms with van der Waals surface area (Å²) in [4.78, 5) is 28.0. The number of anilines is 1. The Bertz CT molecular complexity index is 1300. The zero-order chi connectivity index (χ0) is 27.0. The number of aryl methyl sites for hydroxylation is 1. The average Bonchev–Trinajstić information content (AvgIpc) is 2.91. The molecule has 0 aliphatic heterocycles. The maximum absolute atomic E-state index is 13.8. The zero-order valence-corrected chi connectivity index (χ0v) is 23.6. The monoisotopic (exact) mass is 585 g/mol. The number of benzene rings is 3. The summed E-state index contributed by atoms with van der Waals surface area (Å²) in [5, 5.41) is 2.76. The summed E-state index contributed by atoms with van der Waals surface area (Å²) in [6, 6.07) is 21.8. The van der Waals surface area contributed by atoms with Crippen LogP contribution < -0.4 is 9.62 Å². The van der Waals surface area contributed by atoms with Gasteiger partial charge in [-0.2, -0.15) is 0 Å². The van der Waals surface area contributed by atoms with Crippen LogP contribution in [0.3, 0.4) is 0 Å². The molecule has 196 valence electrons. The van der Waals surface area contributed by atoms with Crippen LogP contribution in [0.2, 0.25) is 0 Å². The summed E-state index contributed by atoms with van der Waals surface area (Å²) < 4.78 is 29.4. The highest BCUT2D eigenvalue weighted by atomic mass is 79.9. The molecule has 0 fully saturated rings. The molecule has 0 saturated heterocycles. The molecular weight excluding hydrogens is 554 g/mol. The highest BCUT2D eigenvalue weighted by Crippen LogP contribution is 2.25. The van der Waals surface area contributed by atoms with Gasteiger partial charge in [-0.25, -0.2) is 8.42 Å². The molecule has 1 N–H and O–H groups in total. The maximum atomic E-state index is 13.8. The Balaban J connectivity index is 2.01. The normalized spacial score (nSPS) is 12.0. The van der Waals surface area contributed by atoms with E-state index in [-0.39, 0.29) is 17.3 Å². The van der Waals surface area contributed by atoms with E-state index in [0.29, 0.717) is 12.2 Å². The van der Waals surface area contributed by atoms with Crippen LogP contribution in [0.1, 0.15) is 31.9 Å². The fraction of sp³-hybridized carbons (Fsp3) is 0.286. The third-order valence-electron chi connectivity index (χ3n) is 6.03. The number of hydrogen-bond donors (Lipinski definition) is 1. The minimum absolute atomic E-state index is 0.0820. The van der Waals surface area contributed by atoms with Crippen molar-refractivity contribution in [1.82, 2.24) is 10.2 Å². The minimum atomic E-state index is -4.06. The first-order valence-corrected chi connectivity index (χ1v) is 14.4. The third kappa shape index (κ3) is 7.20. The van der Waals surface area contributed by atoms with E-state index >= 15 is 0 Å². The van der Waals surface area contributed by atoms with E-state index in [9.17, 15) is 18.0 Å². The Morgan fingerprint density at radius 1 is 0.892 bits per heavy atom. The van der Waals surface area contributed by atoms with Gasteiger partial charge in [0.1, 0.15) is 12.6 Å². The highest BCUT2D eigenvalue weighted by Gasteiger charge is 2.32. The van der Waals surface area contributed by atoms with Gasteiger partial charge in [0.05, 0.1) is 10.6 Å². The lowest BCUT2D eigenvalue weighted by Gasteiger charge is -2.32. The minimum Gasteiger partial charge on any atom is -0.355 e. The van der Waals surface area contributed by atoms with Gasteiger partial charge in [0, 0.05) is 17.6 Å². The largest absolute Gasteiger partial charge is 0.355 e. The number of likely N-dealkylation sites (N-methyl/N-ethyl adjacent to an activating group) is 1. The van der Waals surface area contributed by atoms with Crippen molar-refractivity contribution in [2.45, 2.75) is 44.7 Å². The smallest absolute Gasteiger partial charge is 0.264 e. The second-order valence-electron chi connectivity index (χ2n) is 8.56. The predicted octanol–water partition coefficient (Wildman–Crippen LogP) is 4.76. The topological polar surface area (TPSA) is 86.8 Å². The van der Waals surface area contributed by atoms with E-state index in [2.05, 4.69) is 21.2 Å². The second-order valence-corrected chi connectivity index (χ2v) is 11.3. The number of carbonyl (C=O) groups is 2. The van der Waals surface area contributed by atoms with Crippen LogP contribution in [0, 0.1) is 0 Å². The van der Waals surface area contributed by atoms with Crippen molar-refractivity contribution in [2.24, 2.45) is 0 Å². The number of amides is 2. The van der Waals surface area contributed by atoms with Gasteiger partial charge in [-0.05, 0) is 67.8 Å². The lowest BCUT2D eigenvalue weighted by Crippen LogP contribution is -2.51. The van der Waals surface area contributed by atoms with Gasteiger partial charge in [0.25, 0.3) is 10.0 Å². The Morgan fingerprint density at radius 2 is 1.49 bits per heavy atom. The lowest BCUT2D eigenvalue weighted by molar-refractivity contribution is -0.139. The molecule has 37 heavy (non-hydrogen) atoms. The molecule has 0 aliphatic rings. The number of hydrogen-bond acceptors (Lipinski definition) is 4. The Morgan fingerprint density at radius 3 is 2.05 bits per heavy atom. The van der Waals surface area contributed by atoms with Gasteiger partial charge in [-0.3, -0.25) is 13.9 Å². The van der Waals surface area contributed by atoms with Gasteiger partial charge in [0.2, 0.25) is 11.8 Å². The first kappa shape index (κ1) is 28.4. The molecule has 1 atom stereocenters. The maximum Gasteiger partial charge on any atom is 0.264 e. The molecule has 9 heteroatoms. The molecule has 0 unspecified atom stereocenters. The predicted molar refractivity (Wildman–Crippen MR) is 150 cm³/mol. The van der Waals surface area contributed by atoms with Gasteiger partial charge in [-0.15, -0.1) is 0 Å². The fourth-order valence-electron chi connectivity index (χ4n) is 3.84. The summed E-state index contributed by atoms with van der Waals surface area (Å²) in [6.07, 6.45) is 0.801. The third-order valence-corrected chi connectivity index (χ3v) is 8.34. The lowest BCUT2D eigenvalue weighted by atomic mass is 10.1. The van der Waals surface area contributed by atoms with Crippen molar-refractivity contribution < 1.29 is 18.0 Å². The number of sulfonamides is 1. The number of halogens is 1. The van der Waals surface area contributed by atoms with Gasteiger partial charge < -0.3 is 10.2 Å². The number of rotatable bonds is 11. The molecule has 3 aromatic rings. The van der Waals surface area contributed by atoms with Crippen molar-refractivity contribution in [3.63, 3.8) is 0 Å². The van der Waals surface area contributed by atoms with Crippen LogP contribution in [-0.4, -0.2) is 44.3 Å². The molecule has 0 saturated carbocycles. The second kappa shape index (κ2) is 12.9. The van der Waals surface area contributed by atoms with Crippen molar-refractivity contribution in [2.75, 3.05) is 17.4 Å². The Hall–Kier alpha value is -3.17. The molecule has 3 rings (SSSR count). The van der Waals surface area contributed by atoms with E-state index in [1.54, 1.807) is 44.2 Å². The fourth-order valence-corrected chi connectivity index (χ4v) is 5.54. The quantitative estimate of drug-likeness (QED) is 0.351. The number of carbonyl (C=O) groups excluding carboxylic acids is 2. The summed E-state index contributed by atoms with van der Waals surface area (Å²) in [5.74, 6) is -0.793. The van der Waals surface area contributed by atoms with E-state index in [4.69, 9.17) is 0 Å². The first-order chi connectivity index (χ1) is 17.7. The van der Waals surface area contributed by atoms with E-state index in [1.807, 2.05) is 43.3 Å². The average molecular weight is 587 g/mol. The molecule has 0 radical (unpaired) electrons.